The smallest absolute Gasteiger partial charge is 0.0192 e. The van der Waals surface area contributed by atoms with Gasteiger partial charge in [-0.2, -0.15) is 0 Å². The Bertz CT molecular complexity index is 92.7. The molecule has 0 aromatic heterocycles. The Kier molecular flexibility index (Phi) is 16.1. The summed E-state index contributed by atoms with van der Waals surface area (Å²) >= 11 is 0. The van der Waals surface area contributed by atoms with E-state index in [0.29, 0.717) is 0 Å². The van der Waals surface area contributed by atoms with Crippen molar-refractivity contribution in [2.45, 2.75) is 59.9 Å². The summed E-state index contributed by atoms with van der Waals surface area (Å²) < 4.78 is 0. The molecule has 0 radical (unpaired) electrons. The van der Waals surface area contributed by atoms with Crippen molar-refractivity contribution < 1.29 is 0 Å². The van der Waals surface area contributed by atoms with Gasteiger partial charge in [-0.25, -0.2) is 0 Å². The molecule has 0 aromatic rings. The first-order valence-electron chi connectivity index (χ1n) is 6.76. The molecule has 0 amide bonds. The predicted octanol–water partition coefficient (Wildman–Crippen LogP) is 3.13. The highest BCUT2D eigenvalue weighted by Crippen LogP contribution is 2.09. The lowest BCUT2D eigenvalue weighted by molar-refractivity contribution is 0.276. The fourth-order valence-corrected chi connectivity index (χ4v) is 1.74. The number of likely N-dealkylation sites (N-methyl/N-ethyl adjacent to an activating group) is 2. The number of rotatable bonds is 2. The van der Waals surface area contributed by atoms with E-state index in [1.54, 1.807) is 0 Å². The molecule has 1 rings (SSSR count). The number of hydrogen-bond acceptors (Lipinski definition) is 2. The van der Waals surface area contributed by atoms with Crippen LogP contribution in [0.3, 0.4) is 0 Å². The van der Waals surface area contributed by atoms with E-state index < -0.39 is 0 Å². The topological polar surface area (TPSA) is 15.3 Å². The molecule has 2 nitrogen and oxygen atoms in total. The number of nitrogens with zero attached hydrogens (tertiary/aromatic N) is 1. The summed E-state index contributed by atoms with van der Waals surface area (Å²) in [4.78, 5) is 2.54. The molecule has 1 atom stereocenters. The number of hydrogen-bond donors (Lipinski definition) is 1. The van der Waals surface area contributed by atoms with Crippen LogP contribution in [0.2, 0.25) is 0 Å². The summed E-state index contributed by atoms with van der Waals surface area (Å²) in [6, 6.07) is 0.734. The van der Waals surface area contributed by atoms with Crippen LogP contribution >= 0.6 is 0 Å². The Labute approximate surface area is 97.4 Å². The van der Waals surface area contributed by atoms with Gasteiger partial charge in [0.2, 0.25) is 0 Å². The van der Waals surface area contributed by atoms with Gasteiger partial charge in [-0.3, -0.25) is 0 Å². The first kappa shape index (κ1) is 17.3. The molecular formula is C13H32N2. The standard InChI is InChI=1S/C9H20N2.2C2H6/c1-3-11-7-5-4-6-9(8-11)10-2;2*1-2/h9-10H,3-8H2,1-2H3;2*1-2H3. The van der Waals surface area contributed by atoms with E-state index >= 15 is 0 Å². The van der Waals surface area contributed by atoms with Crippen molar-refractivity contribution in [3.8, 4) is 0 Å². The lowest BCUT2D eigenvalue weighted by Crippen LogP contribution is -2.37. The largest absolute Gasteiger partial charge is 0.316 e. The van der Waals surface area contributed by atoms with Gasteiger partial charge in [-0.15, -0.1) is 0 Å². The molecule has 0 aromatic carbocycles. The maximum atomic E-state index is 3.37. The lowest BCUT2D eigenvalue weighted by atomic mass is 10.1. The molecule has 0 saturated carbocycles. The molecule has 1 saturated heterocycles. The van der Waals surface area contributed by atoms with Gasteiger partial charge >= 0.3 is 0 Å². The summed E-state index contributed by atoms with van der Waals surface area (Å²) in [6.07, 6.45) is 4.13. The van der Waals surface area contributed by atoms with Crippen LogP contribution in [0, 0.1) is 0 Å². The van der Waals surface area contributed by atoms with Crippen LogP contribution in [0.15, 0.2) is 0 Å². The molecule has 0 spiro atoms. The van der Waals surface area contributed by atoms with E-state index in [1.165, 1.54) is 38.9 Å². The fraction of sp³-hybridized carbons (Fsp3) is 1.00. The van der Waals surface area contributed by atoms with Crippen molar-refractivity contribution in [3.05, 3.63) is 0 Å². The van der Waals surface area contributed by atoms with Crippen molar-refractivity contribution in [2.24, 2.45) is 0 Å². The first-order valence-corrected chi connectivity index (χ1v) is 6.76. The van der Waals surface area contributed by atoms with Crippen molar-refractivity contribution in [1.82, 2.24) is 10.2 Å². The third kappa shape index (κ3) is 8.88. The van der Waals surface area contributed by atoms with Gasteiger partial charge in [-0.05, 0) is 33.0 Å². The lowest BCUT2D eigenvalue weighted by Gasteiger charge is -2.21. The summed E-state index contributed by atoms with van der Waals surface area (Å²) in [5, 5.41) is 3.37. The quantitative estimate of drug-likeness (QED) is 0.763. The van der Waals surface area contributed by atoms with E-state index in [-0.39, 0.29) is 0 Å². The zero-order valence-electron chi connectivity index (χ0n) is 11.8. The van der Waals surface area contributed by atoms with Crippen molar-refractivity contribution >= 4 is 0 Å². The van der Waals surface area contributed by atoms with Crippen LogP contribution in [-0.2, 0) is 0 Å². The van der Waals surface area contributed by atoms with Gasteiger partial charge in [0.15, 0.2) is 0 Å². The maximum absolute atomic E-state index is 3.37. The van der Waals surface area contributed by atoms with E-state index in [4.69, 9.17) is 0 Å². The zero-order valence-corrected chi connectivity index (χ0v) is 11.8. The second-order valence-corrected chi connectivity index (χ2v) is 3.37. The normalized spacial score (nSPS) is 21.6. The summed E-state index contributed by atoms with van der Waals surface area (Å²) in [5.41, 5.74) is 0. The van der Waals surface area contributed by atoms with Gasteiger partial charge in [0.05, 0.1) is 0 Å². The molecule has 1 fully saturated rings. The second-order valence-electron chi connectivity index (χ2n) is 3.37. The highest BCUT2D eigenvalue weighted by molar-refractivity contribution is 4.73. The molecule has 15 heavy (non-hydrogen) atoms. The molecule has 94 valence electrons. The summed E-state index contributed by atoms with van der Waals surface area (Å²) in [7, 11) is 2.07. The summed E-state index contributed by atoms with van der Waals surface area (Å²) in [6.45, 7) is 14.0. The molecule has 1 aliphatic rings. The Morgan fingerprint density at radius 2 is 1.73 bits per heavy atom. The molecule has 0 aliphatic carbocycles. The van der Waals surface area contributed by atoms with Crippen LogP contribution in [-0.4, -0.2) is 37.6 Å². The van der Waals surface area contributed by atoms with E-state index in [1.807, 2.05) is 27.7 Å². The van der Waals surface area contributed by atoms with Crippen molar-refractivity contribution in [2.75, 3.05) is 26.7 Å². The van der Waals surface area contributed by atoms with Gasteiger partial charge in [0.25, 0.3) is 0 Å². The Morgan fingerprint density at radius 1 is 1.13 bits per heavy atom. The minimum Gasteiger partial charge on any atom is -0.316 e. The monoisotopic (exact) mass is 216 g/mol. The molecule has 2 heteroatoms. The van der Waals surface area contributed by atoms with Crippen molar-refractivity contribution in [3.63, 3.8) is 0 Å². The zero-order chi connectivity index (χ0) is 12.1. The molecular weight excluding hydrogens is 184 g/mol. The predicted molar refractivity (Wildman–Crippen MR) is 71.5 cm³/mol. The molecule has 0 bridgehead atoms. The molecule has 1 aliphatic heterocycles. The van der Waals surface area contributed by atoms with Gasteiger partial charge < -0.3 is 10.2 Å². The van der Waals surface area contributed by atoms with Gasteiger partial charge in [0, 0.05) is 12.6 Å². The van der Waals surface area contributed by atoms with Crippen LogP contribution in [0.25, 0.3) is 0 Å². The van der Waals surface area contributed by atoms with E-state index in [0.717, 1.165) is 6.04 Å². The van der Waals surface area contributed by atoms with Crippen molar-refractivity contribution in [1.29, 1.82) is 0 Å². The highest BCUT2D eigenvalue weighted by atomic mass is 15.1. The third-order valence-corrected chi connectivity index (χ3v) is 2.61. The van der Waals surface area contributed by atoms with E-state index in [9.17, 15) is 0 Å². The average Bonchev–Trinajstić information content (AvgIpc) is 2.59. The first-order chi connectivity index (χ1) is 7.36. The molecule has 1 unspecified atom stereocenters. The Morgan fingerprint density at radius 3 is 2.20 bits per heavy atom. The minimum atomic E-state index is 0.734. The highest BCUT2D eigenvalue weighted by Gasteiger charge is 2.14. The maximum Gasteiger partial charge on any atom is 0.0192 e. The molecule has 1 N–H and O–H groups in total. The van der Waals surface area contributed by atoms with Crippen LogP contribution in [0.4, 0.5) is 0 Å². The summed E-state index contributed by atoms with van der Waals surface area (Å²) in [5.74, 6) is 0. The number of nitrogens with one attached hydrogen (secondary N) is 1. The van der Waals surface area contributed by atoms with Gasteiger partial charge in [-0.1, -0.05) is 41.0 Å². The Hall–Kier alpha value is -0.0800. The fourth-order valence-electron chi connectivity index (χ4n) is 1.74. The minimum absolute atomic E-state index is 0.734. The average molecular weight is 216 g/mol. The van der Waals surface area contributed by atoms with Gasteiger partial charge in [0.1, 0.15) is 0 Å². The van der Waals surface area contributed by atoms with Crippen LogP contribution < -0.4 is 5.32 Å². The number of likely N-dealkylation sites (tertiary alicyclic amines) is 1. The Balaban J connectivity index is 0. The molecule has 1 heterocycles. The van der Waals surface area contributed by atoms with Crippen LogP contribution in [0.5, 0.6) is 0 Å². The third-order valence-electron chi connectivity index (χ3n) is 2.61. The van der Waals surface area contributed by atoms with Crippen LogP contribution in [0.1, 0.15) is 53.9 Å². The second kappa shape index (κ2) is 13.9. The SMILES string of the molecule is CC.CC.CCN1CCCCC(NC)C1. The van der Waals surface area contributed by atoms with E-state index in [2.05, 4.69) is 24.2 Å².